The second-order valence-corrected chi connectivity index (χ2v) is 12.5. The number of ketones is 2. The number of hydrogen-bond donors (Lipinski definition) is 2. The number of rotatable bonds is 15. The molecular formula is C31H30O10S2. The number of carbonyl (C=O) groups is 4. The van der Waals surface area contributed by atoms with Crippen LogP contribution in [-0.4, -0.2) is 61.2 Å². The molecule has 1 aliphatic carbocycles. The molecule has 1 aliphatic rings. The summed E-state index contributed by atoms with van der Waals surface area (Å²) < 4.78 is 24.6. The van der Waals surface area contributed by atoms with Gasteiger partial charge in [0.2, 0.25) is 0 Å². The van der Waals surface area contributed by atoms with Gasteiger partial charge in [-0.2, -0.15) is 0 Å². The number of fused-ring (bicyclic) bond motifs is 2. The second-order valence-electron chi connectivity index (χ2n) is 10.4. The summed E-state index contributed by atoms with van der Waals surface area (Å²) >= 11 is 2.60. The first kappa shape index (κ1) is 30.3. The Kier molecular flexibility index (Phi) is 8.88. The van der Waals surface area contributed by atoms with Crippen LogP contribution < -0.4 is 18.9 Å². The number of thiophene rings is 2. The summed E-state index contributed by atoms with van der Waals surface area (Å²) in [5, 5.41) is 19.9. The average Bonchev–Trinajstić information content (AvgIpc) is 3.52. The van der Waals surface area contributed by atoms with Gasteiger partial charge in [-0.3, -0.25) is 19.2 Å². The van der Waals surface area contributed by atoms with Gasteiger partial charge in [0.15, 0.2) is 34.6 Å². The lowest BCUT2D eigenvalue weighted by atomic mass is 10.0. The van der Waals surface area contributed by atoms with Crippen molar-refractivity contribution in [1.29, 1.82) is 0 Å². The number of ether oxygens (including phenoxy) is 4. The molecule has 2 heterocycles. The van der Waals surface area contributed by atoms with Gasteiger partial charge in [-0.25, -0.2) is 0 Å². The molecule has 0 aliphatic heterocycles. The Hall–Kier alpha value is -4.16. The maximum atomic E-state index is 12.7. The number of hydrogen-bond acceptors (Lipinski definition) is 10. The van der Waals surface area contributed by atoms with E-state index < -0.39 is 29.7 Å². The summed E-state index contributed by atoms with van der Waals surface area (Å²) in [7, 11) is 3.07. The van der Waals surface area contributed by atoms with E-state index >= 15 is 0 Å². The van der Waals surface area contributed by atoms with Crippen LogP contribution in [0.3, 0.4) is 0 Å². The third-order valence-electron chi connectivity index (χ3n) is 7.28. The number of carbonyl (C=O) groups excluding carboxylic acids is 2. The quantitative estimate of drug-likeness (QED) is 0.116. The standard InChI is InChI=1S/C31H30O10S2/c1-15(30(34)35)7-20(32)27-10-16-8-23(21(38-2)13-25(16)42-27)40-5-4-6-41-24-9-17-11-28(43-26(17)14-22(24)39-3)29(33)18-12-19(18)31(36)37/h8-11,13-15,18-19H,4-7,12H2,1-3H3,(H,34,35)(H,36,37)/t15-,18-,19+/m0/s1. The molecule has 4 aromatic rings. The molecule has 0 amide bonds. The van der Waals surface area contributed by atoms with E-state index in [4.69, 9.17) is 29.2 Å². The topological polar surface area (TPSA) is 146 Å². The highest BCUT2D eigenvalue weighted by molar-refractivity contribution is 7.21. The average molecular weight is 627 g/mol. The van der Waals surface area contributed by atoms with Gasteiger partial charge in [0.25, 0.3) is 0 Å². The van der Waals surface area contributed by atoms with Crippen LogP contribution in [0.15, 0.2) is 36.4 Å². The molecule has 0 bridgehead atoms. The molecule has 2 aromatic heterocycles. The second kappa shape index (κ2) is 12.6. The lowest BCUT2D eigenvalue weighted by Gasteiger charge is -2.13. The first-order chi connectivity index (χ1) is 20.6. The van der Waals surface area contributed by atoms with Crippen molar-refractivity contribution in [3.63, 3.8) is 0 Å². The van der Waals surface area contributed by atoms with Crippen LogP contribution in [0.25, 0.3) is 20.2 Å². The van der Waals surface area contributed by atoms with Crippen molar-refractivity contribution in [1.82, 2.24) is 0 Å². The third-order valence-corrected chi connectivity index (χ3v) is 9.54. The summed E-state index contributed by atoms with van der Waals surface area (Å²) in [6, 6.07) is 10.7. The summed E-state index contributed by atoms with van der Waals surface area (Å²) in [6.45, 7) is 2.15. The number of aliphatic carboxylic acids is 2. The molecule has 12 heteroatoms. The van der Waals surface area contributed by atoms with Gasteiger partial charge in [0.05, 0.1) is 49.0 Å². The molecule has 1 fully saturated rings. The van der Waals surface area contributed by atoms with Crippen LogP contribution in [0.5, 0.6) is 23.0 Å². The van der Waals surface area contributed by atoms with Gasteiger partial charge < -0.3 is 29.2 Å². The first-order valence-electron chi connectivity index (χ1n) is 13.6. The lowest BCUT2D eigenvalue weighted by molar-refractivity contribution is -0.141. The van der Waals surface area contributed by atoms with Crippen molar-refractivity contribution in [2.24, 2.45) is 17.8 Å². The van der Waals surface area contributed by atoms with Crippen molar-refractivity contribution >= 4 is 66.4 Å². The van der Waals surface area contributed by atoms with Crippen LogP contribution >= 0.6 is 22.7 Å². The third kappa shape index (κ3) is 6.60. The molecule has 1 saturated carbocycles. The molecule has 3 atom stereocenters. The summed E-state index contributed by atoms with van der Waals surface area (Å²) in [5.41, 5.74) is 0. The predicted octanol–water partition coefficient (Wildman–Crippen LogP) is 6.18. The van der Waals surface area contributed by atoms with E-state index in [1.807, 2.05) is 12.1 Å². The summed E-state index contributed by atoms with van der Waals surface area (Å²) in [5.74, 6) is -2.04. The molecule has 0 radical (unpaired) electrons. The van der Waals surface area contributed by atoms with Gasteiger partial charge in [-0.1, -0.05) is 6.92 Å². The largest absolute Gasteiger partial charge is 0.493 e. The molecule has 5 rings (SSSR count). The number of Topliss-reactive ketones (excluding diaryl/α,β-unsaturated/α-hetero) is 2. The number of carboxylic acids is 2. The molecule has 2 N–H and O–H groups in total. The van der Waals surface area contributed by atoms with E-state index in [0.29, 0.717) is 58.8 Å². The zero-order valence-electron chi connectivity index (χ0n) is 23.7. The van der Waals surface area contributed by atoms with Gasteiger partial charge in [-0.05, 0) is 41.5 Å². The fourth-order valence-electron chi connectivity index (χ4n) is 4.73. The summed E-state index contributed by atoms with van der Waals surface area (Å²) in [6.07, 6.45) is 0.845. The van der Waals surface area contributed by atoms with Crippen LogP contribution in [0.2, 0.25) is 0 Å². The fourth-order valence-corrected chi connectivity index (χ4v) is 6.83. The minimum absolute atomic E-state index is 0.0697. The smallest absolute Gasteiger partial charge is 0.307 e. The molecule has 10 nitrogen and oxygen atoms in total. The Morgan fingerprint density at radius 2 is 1.33 bits per heavy atom. The normalized spacial score (nSPS) is 16.5. The maximum absolute atomic E-state index is 12.7. The monoisotopic (exact) mass is 626 g/mol. The highest BCUT2D eigenvalue weighted by atomic mass is 32.1. The molecule has 43 heavy (non-hydrogen) atoms. The Bertz CT molecular complexity index is 1720. The molecule has 0 unspecified atom stereocenters. The molecule has 0 spiro atoms. The van der Waals surface area contributed by atoms with Crippen molar-refractivity contribution in [3.8, 4) is 23.0 Å². The van der Waals surface area contributed by atoms with Crippen molar-refractivity contribution < 1.29 is 48.3 Å². The number of carboxylic acid groups (broad SMARTS) is 2. The summed E-state index contributed by atoms with van der Waals surface area (Å²) in [4.78, 5) is 48.6. The lowest BCUT2D eigenvalue weighted by Crippen LogP contribution is -2.13. The van der Waals surface area contributed by atoms with E-state index in [1.54, 1.807) is 24.3 Å². The Balaban J connectivity index is 1.20. The first-order valence-corrected chi connectivity index (χ1v) is 15.2. The van der Waals surface area contributed by atoms with Crippen LogP contribution in [0.1, 0.15) is 45.5 Å². The van der Waals surface area contributed by atoms with Crippen LogP contribution in [0.4, 0.5) is 0 Å². The Morgan fingerprint density at radius 1 is 0.791 bits per heavy atom. The minimum Gasteiger partial charge on any atom is -0.493 e. The highest BCUT2D eigenvalue weighted by Gasteiger charge is 2.48. The van der Waals surface area contributed by atoms with Gasteiger partial charge in [-0.15, -0.1) is 22.7 Å². The minimum atomic E-state index is -1.01. The number of methoxy groups -OCH3 is 2. The number of benzene rings is 2. The van der Waals surface area contributed by atoms with E-state index in [-0.39, 0.29) is 18.0 Å². The molecule has 226 valence electrons. The molecule has 0 saturated heterocycles. The fraction of sp³-hybridized carbons (Fsp3) is 0.355. The van der Waals surface area contributed by atoms with E-state index in [2.05, 4.69) is 0 Å². The zero-order valence-corrected chi connectivity index (χ0v) is 25.3. The SMILES string of the molecule is COc1cc2sc(C(=O)C[C@H](C)C(=O)O)cc2cc1OCCCOc1cc2cc(C(=O)[C@H]3C[C@H]3C(=O)O)sc2cc1OC. The highest BCUT2D eigenvalue weighted by Crippen LogP contribution is 2.44. The van der Waals surface area contributed by atoms with Crippen LogP contribution in [0, 0.1) is 17.8 Å². The maximum Gasteiger partial charge on any atom is 0.307 e. The predicted molar refractivity (Wildman–Crippen MR) is 162 cm³/mol. The van der Waals surface area contributed by atoms with Gasteiger partial charge in [0, 0.05) is 40.3 Å². The van der Waals surface area contributed by atoms with E-state index in [0.717, 1.165) is 20.2 Å². The van der Waals surface area contributed by atoms with Crippen molar-refractivity contribution in [2.45, 2.75) is 26.2 Å². The Morgan fingerprint density at radius 3 is 1.81 bits per heavy atom. The molecule has 2 aromatic carbocycles. The Labute approximate surface area is 254 Å². The zero-order chi connectivity index (χ0) is 30.8. The van der Waals surface area contributed by atoms with Crippen molar-refractivity contribution in [3.05, 3.63) is 46.2 Å². The van der Waals surface area contributed by atoms with E-state index in [9.17, 15) is 19.2 Å². The van der Waals surface area contributed by atoms with E-state index in [1.165, 1.54) is 43.8 Å². The van der Waals surface area contributed by atoms with Gasteiger partial charge >= 0.3 is 11.9 Å². The van der Waals surface area contributed by atoms with Gasteiger partial charge in [0.1, 0.15) is 0 Å². The van der Waals surface area contributed by atoms with Crippen LogP contribution in [-0.2, 0) is 9.59 Å². The molecular weight excluding hydrogens is 596 g/mol. The van der Waals surface area contributed by atoms with Crippen molar-refractivity contribution in [2.75, 3.05) is 27.4 Å².